The average molecular weight is 394 g/mol. The van der Waals surface area contributed by atoms with Crippen LogP contribution in [-0.2, 0) is 19.6 Å². The minimum Gasteiger partial charge on any atom is -0.462 e. The number of rotatable bonds is 7. The van der Waals surface area contributed by atoms with Gasteiger partial charge in [0.2, 0.25) is 15.9 Å². The van der Waals surface area contributed by atoms with E-state index in [4.69, 9.17) is 4.74 Å². The number of sulfonamides is 1. The maximum atomic E-state index is 13.7. The standard InChI is InChI=1S/C18H19FN2O5S/c1-3-26-18(23)13-8-4-7-11-16(13)21(27(2,24)25)12-17(22)20-15-10-6-5-9-14(15)19/h4-11H,3,12H2,1-2H3,(H,20,22). The molecule has 0 saturated carbocycles. The molecule has 0 unspecified atom stereocenters. The van der Waals surface area contributed by atoms with Gasteiger partial charge in [-0.2, -0.15) is 0 Å². The Labute approximate surface area is 156 Å². The van der Waals surface area contributed by atoms with Crippen molar-refractivity contribution in [2.75, 3.05) is 29.0 Å². The number of hydrogen-bond donors (Lipinski definition) is 1. The number of esters is 1. The van der Waals surface area contributed by atoms with Crippen molar-refractivity contribution in [3.05, 3.63) is 59.9 Å². The van der Waals surface area contributed by atoms with Gasteiger partial charge in [0.1, 0.15) is 12.4 Å². The zero-order valence-electron chi connectivity index (χ0n) is 14.8. The van der Waals surface area contributed by atoms with Crippen molar-refractivity contribution in [3.63, 3.8) is 0 Å². The molecular formula is C18H19FN2O5S. The molecule has 2 aromatic carbocycles. The van der Waals surface area contributed by atoms with Crippen LogP contribution in [0, 0.1) is 5.82 Å². The highest BCUT2D eigenvalue weighted by Crippen LogP contribution is 2.24. The number of hydrogen-bond acceptors (Lipinski definition) is 5. The van der Waals surface area contributed by atoms with Gasteiger partial charge in [0.25, 0.3) is 0 Å². The average Bonchev–Trinajstić information content (AvgIpc) is 2.61. The van der Waals surface area contributed by atoms with Gasteiger partial charge in [-0.3, -0.25) is 9.10 Å². The maximum absolute atomic E-state index is 13.7. The van der Waals surface area contributed by atoms with Gasteiger partial charge in [-0.25, -0.2) is 17.6 Å². The van der Waals surface area contributed by atoms with Crippen molar-refractivity contribution in [2.24, 2.45) is 0 Å². The first kappa shape index (κ1) is 20.4. The lowest BCUT2D eigenvalue weighted by Gasteiger charge is -2.23. The molecule has 0 radical (unpaired) electrons. The molecule has 144 valence electrons. The Morgan fingerprint density at radius 2 is 1.74 bits per heavy atom. The van der Waals surface area contributed by atoms with Crippen LogP contribution in [0.1, 0.15) is 17.3 Å². The van der Waals surface area contributed by atoms with E-state index in [1.54, 1.807) is 13.0 Å². The Balaban J connectivity index is 2.34. The molecule has 27 heavy (non-hydrogen) atoms. The summed E-state index contributed by atoms with van der Waals surface area (Å²) in [5.74, 6) is -2.12. The van der Waals surface area contributed by atoms with Crippen LogP contribution in [-0.4, -0.2) is 39.7 Å². The van der Waals surface area contributed by atoms with Crippen LogP contribution in [0.4, 0.5) is 15.8 Å². The van der Waals surface area contributed by atoms with Crippen LogP contribution in [0.15, 0.2) is 48.5 Å². The number of carbonyl (C=O) groups excluding carboxylic acids is 2. The second-order valence-electron chi connectivity index (χ2n) is 5.54. The largest absolute Gasteiger partial charge is 0.462 e. The molecule has 1 amide bonds. The van der Waals surface area contributed by atoms with Gasteiger partial charge in [0.05, 0.1) is 29.8 Å². The van der Waals surface area contributed by atoms with Crippen molar-refractivity contribution >= 4 is 33.3 Å². The van der Waals surface area contributed by atoms with E-state index in [0.29, 0.717) is 0 Å². The summed E-state index contributed by atoms with van der Waals surface area (Å²) < 4.78 is 43.9. The van der Waals surface area contributed by atoms with Crippen molar-refractivity contribution in [3.8, 4) is 0 Å². The number of carbonyl (C=O) groups is 2. The second kappa shape index (κ2) is 8.63. The zero-order chi connectivity index (χ0) is 20.0. The zero-order valence-corrected chi connectivity index (χ0v) is 15.6. The SMILES string of the molecule is CCOC(=O)c1ccccc1N(CC(=O)Nc1ccccc1F)S(C)(=O)=O. The van der Waals surface area contributed by atoms with E-state index in [9.17, 15) is 22.4 Å². The summed E-state index contributed by atoms with van der Waals surface area (Å²) in [5.41, 5.74) is -0.0692. The lowest BCUT2D eigenvalue weighted by Crippen LogP contribution is -2.38. The molecule has 9 heteroatoms. The van der Waals surface area contributed by atoms with Gasteiger partial charge in [-0.1, -0.05) is 24.3 Å². The Hall–Kier alpha value is -2.94. The third kappa shape index (κ3) is 5.27. The van der Waals surface area contributed by atoms with Crippen molar-refractivity contribution in [1.29, 1.82) is 0 Å². The molecular weight excluding hydrogens is 375 g/mol. The lowest BCUT2D eigenvalue weighted by atomic mass is 10.2. The molecule has 2 aromatic rings. The minimum absolute atomic E-state index is 0.00198. The third-order valence-electron chi connectivity index (χ3n) is 3.50. The van der Waals surface area contributed by atoms with Crippen LogP contribution in [0.3, 0.4) is 0 Å². The normalized spacial score (nSPS) is 10.9. The molecule has 0 saturated heterocycles. The van der Waals surface area contributed by atoms with Gasteiger partial charge >= 0.3 is 5.97 Å². The smallest absolute Gasteiger partial charge is 0.340 e. The summed E-state index contributed by atoms with van der Waals surface area (Å²) in [5, 5.41) is 2.32. The molecule has 0 fully saturated rings. The molecule has 2 rings (SSSR count). The quantitative estimate of drug-likeness (QED) is 0.728. The van der Waals surface area contributed by atoms with E-state index >= 15 is 0 Å². The van der Waals surface area contributed by atoms with E-state index in [2.05, 4.69) is 5.32 Å². The predicted molar refractivity (Wildman–Crippen MR) is 99.6 cm³/mol. The molecule has 0 aromatic heterocycles. The van der Waals surface area contributed by atoms with Crippen molar-refractivity contribution in [1.82, 2.24) is 0 Å². The highest BCUT2D eigenvalue weighted by atomic mass is 32.2. The van der Waals surface area contributed by atoms with E-state index in [-0.39, 0.29) is 23.5 Å². The van der Waals surface area contributed by atoms with Crippen LogP contribution < -0.4 is 9.62 Å². The molecule has 0 bridgehead atoms. The van der Waals surface area contributed by atoms with Gasteiger partial charge in [0, 0.05) is 0 Å². The predicted octanol–water partition coefficient (Wildman–Crippen LogP) is 2.41. The number of nitrogens with one attached hydrogen (secondary N) is 1. The number of halogens is 1. The summed E-state index contributed by atoms with van der Waals surface area (Å²) in [4.78, 5) is 24.4. The van der Waals surface area contributed by atoms with Crippen molar-refractivity contribution < 1.29 is 27.1 Å². The van der Waals surface area contributed by atoms with Crippen molar-refractivity contribution in [2.45, 2.75) is 6.92 Å². The van der Waals surface area contributed by atoms with Gasteiger partial charge in [-0.15, -0.1) is 0 Å². The number of nitrogens with zero attached hydrogens (tertiary/aromatic N) is 1. The summed E-state index contributed by atoms with van der Waals surface area (Å²) in [6.07, 6.45) is 0.908. The minimum atomic E-state index is -3.92. The molecule has 7 nitrogen and oxygen atoms in total. The first-order chi connectivity index (χ1) is 12.7. The van der Waals surface area contributed by atoms with Crippen LogP contribution >= 0.6 is 0 Å². The molecule has 0 aliphatic heterocycles. The summed E-state index contributed by atoms with van der Waals surface area (Å²) in [7, 11) is -3.92. The van der Waals surface area contributed by atoms with E-state index in [0.717, 1.165) is 10.6 Å². The number of para-hydroxylation sites is 2. The summed E-state index contributed by atoms with van der Waals surface area (Å²) in [6, 6.07) is 11.4. The third-order valence-corrected chi connectivity index (χ3v) is 4.63. The topological polar surface area (TPSA) is 92.8 Å². The number of amides is 1. The highest BCUT2D eigenvalue weighted by Gasteiger charge is 2.26. The van der Waals surface area contributed by atoms with Gasteiger partial charge in [-0.05, 0) is 31.2 Å². The van der Waals surface area contributed by atoms with E-state index < -0.39 is 34.3 Å². The Kier molecular flexibility index (Phi) is 6.51. The molecule has 0 aliphatic carbocycles. The van der Waals surface area contributed by atoms with Gasteiger partial charge < -0.3 is 10.1 Å². The fourth-order valence-corrected chi connectivity index (χ4v) is 3.20. The molecule has 1 N–H and O–H groups in total. The van der Waals surface area contributed by atoms with Crippen LogP contribution in [0.2, 0.25) is 0 Å². The highest BCUT2D eigenvalue weighted by molar-refractivity contribution is 7.92. The second-order valence-corrected chi connectivity index (χ2v) is 7.44. The monoisotopic (exact) mass is 394 g/mol. The van der Waals surface area contributed by atoms with Crippen LogP contribution in [0.5, 0.6) is 0 Å². The lowest BCUT2D eigenvalue weighted by molar-refractivity contribution is -0.114. The van der Waals surface area contributed by atoms with E-state index in [1.807, 2.05) is 0 Å². The summed E-state index contributed by atoms with van der Waals surface area (Å²) in [6.45, 7) is 1.10. The Bertz CT molecular complexity index is 946. The van der Waals surface area contributed by atoms with E-state index in [1.165, 1.54) is 42.5 Å². The Morgan fingerprint density at radius 3 is 2.37 bits per heavy atom. The maximum Gasteiger partial charge on any atom is 0.340 e. The molecule has 0 atom stereocenters. The first-order valence-corrected chi connectivity index (χ1v) is 9.87. The van der Waals surface area contributed by atoms with Crippen LogP contribution in [0.25, 0.3) is 0 Å². The summed E-state index contributed by atoms with van der Waals surface area (Å²) >= 11 is 0. The number of benzene rings is 2. The molecule has 0 heterocycles. The first-order valence-electron chi connectivity index (χ1n) is 8.02. The number of anilines is 2. The number of ether oxygens (including phenoxy) is 1. The van der Waals surface area contributed by atoms with Gasteiger partial charge in [0.15, 0.2) is 0 Å². The Morgan fingerprint density at radius 1 is 1.11 bits per heavy atom. The fourth-order valence-electron chi connectivity index (χ4n) is 2.34. The molecule has 0 aliphatic rings. The molecule has 0 spiro atoms. The fraction of sp³-hybridized carbons (Fsp3) is 0.222.